The van der Waals surface area contributed by atoms with Crippen molar-refractivity contribution in [3.8, 4) is 11.5 Å². The molecule has 0 amide bonds. The molecule has 1 aromatic heterocycles. The van der Waals surface area contributed by atoms with Crippen LogP contribution >= 0.6 is 0 Å². The lowest BCUT2D eigenvalue weighted by atomic mass is 9.77. The Morgan fingerprint density at radius 2 is 1.91 bits per heavy atom. The highest BCUT2D eigenvalue weighted by Gasteiger charge is 2.39. The van der Waals surface area contributed by atoms with Gasteiger partial charge in [-0.2, -0.15) is 4.98 Å². The molecular weight excluding hydrogens is 316 g/mol. The van der Waals surface area contributed by atoms with Gasteiger partial charge in [0.1, 0.15) is 0 Å². The van der Waals surface area contributed by atoms with E-state index in [1.807, 2.05) is 0 Å². The third-order valence-corrected chi connectivity index (χ3v) is 5.96. The van der Waals surface area contributed by atoms with Crippen LogP contribution in [0.4, 0.5) is 0 Å². The van der Waals surface area contributed by atoms with E-state index in [-0.39, 0.29) is 10.9 Å². The molecule has 1 heterocycles. The minimum absolute atomic E-state index is 0.0846. The smallest absolute Gasteiger partial charge is 0.257 e. The van der Waals surface area contributed by atoms with E-state index in [0.717, 1.165) is 32.1 Å². The van der Waals surface area contributed by atoms with Crippen molar-refractivity contribution >= 4 is 10.0 Å². The number of rotatable bonds is 5. The maximum atomic E-state index is 12.1. The van der Waals surface area contributed by atoms with Crippen LogP contribution in [0.5, 0.6) is 0 Å². The fraction of sp³-hybridized carbons (Fsp3) is 0.467. The summed E-state index contributed by atoms with van der Waals surface area (Å²) in [7, 11) is -3.45. The SMILES string of the molecule is NC1(c2noc(-c3ccc(S(=O)(=O)NC4CC4)cc3)n2)CCC1. The van der Waals surface area contributed by atoms with Gasteiger partial charge in [-0.3, -0.25) is 0 Å². The molecular formula is C15H18N4O3S. The molecule has 0 saturated heterocycles. The standard InChI is InChI=1S/C15H18N4O3S/c16-15(8-1-9-15)14-17-13(22-18-14)10-2-6-12(7-3-10)23(20,21)19-11-4-5-11/h2-3,6-7,11,19H,1,4-5,8-9,16H2. The average molecular weight is 334 g/mol. The zero-order chi connectivity index (χ0) is 16.1. The molecule has 7 nitrogen and oxygen atoms in total. The fourth-order valence-electron chi connectivity index (χ4n) is 2.59. The number of hydrogen-bond acceptors (Lipinski definition) is 6. The molecule has 0 atom stereocenters. The molecule has 4 rings (SSSR count). The number of nitrogens with two attached hydrogens (primary N) is 1. The van der Waals surface area contributed by atoms with Gasteiger partial charge in [0.05, 0.1) is 10.4 Å². The van der Waals surface area contributed by atoms with Gasteiger partial charge in [-0.1, -0.05) is 5.16 Å². The first-order chi connectivity index (χ1) is 11.0. The van der Waals surface area contributed by atoms with Crippen LogP contribution in [0.3, 0.4) is 0 Å². The lowest BCUT2D eigenvalue weighted by molar-refractivity contribution is 0.229. The van der Waals surface area contributed by atoms with Gasteiger partial charge in [0.25, 0.3) is 5.89 Å². The van der Waals surface area contributed by atoms with Gasteiger partial charge >= 0.3 is 0 Å². The Morgan fingerprint density at radius 3 is 2.48 bits per heavy atom. The Balaban J connectivity index is 1.56. The van der Waals surface area contributed by atoms with Crippen molar-refractivity contribution in [3.63, 3.8) is 0 Å². The minimum atomic E-state index is -3.45. The summed E-state index contributed by atoms with van der Waals surface area (Å²) in [5.74, 6) is 0.877. The van der Waals surface area contributed by atoms with Crippen LogP contribution in [-0.4, -0.2) is 24.6 Å². The topological polar surface area (TPSA) is 111 Å². The van der Waals surface area contributed by atoms with Crippen molar-refractivity contribution in [2.45, 2.75) is 48.6 Å². The predicted octanol–water partition coefficient (Wildman–Crippen LogP) is 1.52. The first kappa shape index (κ1) is 14.8. The van der Waals surface area contributed by atoms with Crippen LogP contribution < -0.4 is 10.5 Å². The summed E-state index contributed by atoms with van der Waals surface area (Å²) < 4.78 is 32.2. The molecule has 1 aromatic carbocycles. The Bertz CT molecular complexity index is 821. The zero-order valence-electron chi connectivity index (χ0n) is 12.5. The Hall–Kier alpha value is -1.77. The van der Waals surface area contributed by atoms with E-state index in [2.05, 4.69) is 14.9 Å². The van der Waals surface area contributed by atoms with E-state index in [1.165, 1.54) is 0 Å². The molecule has 0 radical (unpaired) electrons. The van der Waals surface area contributed by atoms with Crippen LogP contribution in [0, 0.1) is 0 Å². The maximum absolute atomic E-state index is 12.1. The number of aromatic nitrogens is 2. The summed E-state index contributed by atoms with van der Waals surface area (Å²) in [5, 5.41) is 3.96. The average Bonchev–Trinajstić information content (AvgIpc) is 3.16. The molecule has 0 spiro atoms. The van der Waals surface area contributed by atoms with E-state index in [9.17, 15) is 8.42 Å². The lowest BCUT2D eigenvalue weighted by Gasteiger charge is -2.34. The van der Waals surface area contributed by atoms with Gasteiger partial charge in [-0.15, -0.1) is 0 Å². The summed E-state index contributed by atoms with van der Waals surface area (Å²) in [6, 6.07) is 6.52. The first-order valence-corrected chi connectivity index (χ1v) is 9.20. The molecule has 23 heavy (non-hydrogen) atoms. The lowest BCUT2D eigenvalue weighted by Crippen LogP contribution is -2.44. The van der Waals surface area contributed by atoms with Crippen molar-refractivity contribution in [3.05, 3.63) is 30.1 Å². The summed E-state index contributed by atoms with van der Waals surface area (Å²) in [5.41, 5.74) is 6.38. The van der Waals surface area contributed by atoms with Crippen molar-refractivity contribution in [2.24, 2.45) is 5.73 Å². The Morgan fingerprint density at radius 1 is 1.22 bits per heavy atom. The van der Waals surface area contributed by atoms with E-state index < -0.39 is 15.6 Å². The second-order valence-corrected chi connectivity index (χ2v) is 8.07. The quantitative estimate of drug-likeness (QED) is 0.857. The predicted molar refractivity (Wildman–Crippen MR) is 82.8 cm³/mol. The molecule has 2 saturated carbocycles. The number of sulfonamides is 1. The van der Waals surface area contributed by atoms with E-state index in [1.54, 1.807) is 24.3 Å². The van der Waals surface area contributed by atoms with Gasteiger partial charge in [0.15, 0.2) is 5.82 Å². The number of hydrogen-bond donors (Lipinski definition) is 2. The monoisotopic (exact) mass is 334 g/mol. The highest BCUT2D eigenvalue weighted by molar-refractivity contribution is 7.89. The van der Waals surface area contributed by atoms with Crippen LogP contribution in [0.25, 0.3) is 11.5 Å². The van der Waals surface area contributed by atoms with Gasteiger partial charge in [-0.05, 0) is 56.4 Å². The van der Waals surface area contributed by atoms with Crippen LogP contribution in [0.15, 0.2) is 33.7 Å². The van der Waals surface area contributed by atoms with Crippen molar-refractivity contribution in [2.75, 3.05) is 0 Å². The molecule has 2 aliphatic rings. The molecule has 0 bridgehead atoms. The van der Waals surface area contributed by atoms with E-state index in [4.69, 9.17) is 10.3 Å². The highest BCUT2D eigenvalue weighted by Crippen LogP contribution is 2.37. The van der Waals surface area contributed by atoms with Crippen molar-refractivity contribution in [1.29, 1.82) is 0 Å². The Kier molecular flexibility index (Phi) is 3.29. The first-order valence-electron chi connectivity index (χ1n) is 7.72. The summed E-state index contributed by atoms with van der Waals surface area (Å²) in [6.45, 7) is 0. The molecule has 2 aliphatic carbocycles. The number of nitrogens with zero attached hydrogens (tertiary/aromatic N) is 2. The minimum Gasteiger partial charge on any atom is -0.334 e. The highest BCUT2D eigenvalue weighted by atomic mass is 32.2. The molecule has 0 unspecified atom stereocenters. The molecule has 2 aromatic rings. The second-order valence-electron chi connectivity index (χ2n) is 6.35. The number of benzene rings is 1. The molecule has 2 fully saturated rings. The van der Waals surface area contributed by atoms with Crippen LogP contribution in [-0.2, 0) is 15.6 Å². The largest absolute Gasteiger partial charge is 0.334 e. The third kappa shape index (κ3) is 2.77. The van der Waals surface area contributed by atoms with Gasteiger partial charge in [0.2, 0.25) is 10.0 Å². The van der Waals surface area contributed by atoms with E-state index >= 15 is 0 Å². The van der Waals surface area contributed by atoms with Crippen molar-refractivity contribution < 1.29 is 12.9 Å². The van der Waals surface area contributed by atoms with Gasteiger partial charge in [-0.25, -0.2) is 13.1 Å². The second kappa shape index (κ2) is 5.12. The third-order valence-electron chi connectivity index (χ3n) is 4.43. The molecule has 122 valence electrons. The summed E-state index contributed by atoms with van der Waals surface area (Å²) in [4.78, 5) is 4.59. The summed E-state index contributed by atoms with van der Waals surface area (Å²) >= 11 is 0. The summed E-state index contributed by atoms with van der Waals surface area (Å²) in [6.07, 6.45) is 4.60. The van der Waals surface area contributed by atoms with E-state index in [0.29, 0.717) is 17.3 Å². The molecule has 0 aliphatic heterocycles. The normalized spacial score (nSPS) is 20.2. The Labute approximate surface area is 134 Å². The van der Waals surface area contributed by atoms with Crippen LogP contribution in [0.1, 0.15) is 37.9 Å². The van der Waals surface area contributed by atoms with Gasteiger partial charge < -0.3 is 10.3 Å². The van der Waals surface area contributed by atoms with Crippen molar-refractivity contribution in [1.82, 2.24) is 14.9 Å². The zero-order valence-corrected chi connectivity index (χ0v) is 13.3. The number of nitrogens with one attached hydrogen (secondary N) is 1. The maximum Gasteiger partial charge on any atom is 0.257 e. The van der Waals surface area contributed by atoms with Gasteiger partial charge in [0, 0.05) is 11.6 Å². The van der Waals surface area contributed by atoms with Crippen LogP contribution in [0.2, 0.25) is 0 Å². The molecule has 8 heteroatoms. The molecule has 3 N–H and O–H groups in total. The fourth-order valence-corrected chi connectivity index (χ4v) is 3.89.